The van der Waals surface area contributed by atoms with Gasteiger partial charge in [-0.3, -0.25) is 14.3 Å². The number of carbonyl (C=O) groups excluding carboxylic acids is 2. The molecule has 2 amide bonds. The zero-order valence-corrected chi connectivity index (χ0v) is 19.4. The van der Waals surface area contributed by atoms with Crippen LogP contribution in [0.2, 0.25) is 4.34 Å². The van der Waals surface area contributed by atoms with Gasteiger partial charge in [-0.15, -0.1) is 11.3 Å². The van der Waals surface area contributed by atoms with Gasteiger partial charge in [0, 0.05) is 30.6 Å². The van der Waals surface area contributed by atoms with E-state index in [1.54, 1.807) is 12.1 Å². The number of aliphatic hydroxyl groups excluding tert-OH is 1. The standard InChI is InChI=1S/C20H21ClFN3O5S2/c1-24(9-10-26)19(27)13-2-4-17(15(22)12-13)25-8-6-16(20(25)28)23-32(29,30)11-7-14-3-5-18(21)31-14/h2-6,12,23,26H,7-11H2,1H3. The van der Waals surface area contributed by atoms with Gasteiger partial charge >= 0.3 is 0 Å². The molecular weight excluding hydrogens is 481 g/mol. The molecule has 0 bridgehead atoms. The van der Waals surface area contributed by atoms with E-state index in [1.807, 2.05) is 0 Å². The molecule has 2 heterocycles. The van der Waals surface area contributed by atoms with Crippen LogP contribution >= 0.6 is 22.9 Å². The Kier molecular flexibility index (Phi) is 7.55. The Morgan fingerprint density at radius 3 is 2.72 bits per heavy atom. The molecule has 0 saturated carbocycles. The highest BCUT2D eigenvalue weighted by Gasteiger charge is 2.30. The van der Waals surface area contributed by atoms with Crippen molar-refractivity contribution in [3.8, 4) is 0 Å². The Morgan fingerprint density at radius 2 is 2.09 bits per heavy atom. The summed E-state index contributed by atoms with van der Waals surface area (Å²) in [4.78, 5) is 28.0. The minimum atomic E-state index is -3.80. The number of aryl methyl sites for hydroxylation is 1. The Hall–Kier alpha value is -2.47. The minimum absolute atomic E-state index is 0.0220. The number of nitrogens with zero attached hydrogens (tertiary/aromatic N) is 2. The van der Waals surface area contributed by atoms with E-state index in [9.17, 15) is 22.4 Å². The van der Waals surface area contributed by atoms with Gasteiger partial charge in [0.25, 0.3) is 11.8 Å². The molecule has 0 unspecified atom stereocenters. The summed E-state index contributed by atoms with van der Waals surface area (Å²) in [7, 11) is -2.33. The molecule has 0 atom stereocenters. The first-order valence-electron chi connectivity index (χ1n) is 9.54. The SMILES string of the molecule is CN(CCO)C(=O)c1ccc(N2CC=C(NS(=O)(=O)CCc3ccc(Cl)s3)C2=O)c(F)c1. The third-order valence-corrected chi connectivity index (χ3v) is 7.30. The van der Waals surface area contributed by atoms with Crippen molar-refractivity contribution in [1.29, 1.82) is 0 Å². The van der Waals surface area contributed by atoms with Crippen LogP contribution in [-0.2, 0) is 21.2 Å². The molecule has 12 heteroatoms. The summed E-state index contributed by atoms with van der Waals surface area (Å²) in [5.41, 5.74) is -0.164. The number of anilines is 1. The van der Waals surface area contributed by atoms with E-state index in [-0.39, 0.29) is 48.8 Å². The number of hydrogen-bond acceptors (Lipinski definition) is 6. The number of aliphatic hydroxyl groups is 1. The molecule has 0 fully saturated rings. The maximum atomic E-state index is 14.7. The topological polar surface area (TPSA) is 107 Å². The average molecular weight is 502 g/mol. The molecule has 2 N–H and O–H groups in total. The second-order valence-electron chi connectivity index (χ2n) is 7.03. The number of nitrogens with one attached hydrogen (secondary N) is 1. The van der Waals surface area contributed by atoms with Gasteiger partial charge in [0.2, 0.25) is 10.0 Å². The highest BCUT2D eigenvalue weighted by molar-refractivity contribution is 7.89. The third-order valence-electron chi connectivity index (χ3n) is 4.73. The van der Waals surface area contributed by atoms with Gasteiger partial charge in [0.05, 0.1) is 22.4 Å². The minimum Gasteiger partial charge on any atom is -0.395 e. The zero-order chi connectivity index (χ0) is 23.5. The average Bonchev–Trinajstić information content (AvgIpc) is 3.31. The van der Waals surface area contributed by atoms with E-state index >= 15 is 0 Å². The molecular formula is C20H21ClFN3O5S2. The van der Waals surface area contributed by atoms with Gasteiger partial charge in [-0.1, -0.05) is 11.6 Å². The Bertz CT molecular complexity index is 1170. The molecule has 172 valence electrons. The monoisotopic (exact) mass is 501 g/mol. The molecule has 3 rings (SSSR count). The van der Waals surface area contributed by atoms with Crippen LogP contribution in [0.5, 0.6) is 0 Å². The quantitative estimate of drug-likeness (QED) is 0.546. The number of carbonyl (C=O) groups is 2. The van der Waals surface area contributed by atoms with E-state index < -0.39 is 27.7 Å². The predicted octanol–water partition coefficient (Wildman–Crippen LogP) is 2.00. The van der Waals surface area contributed by atoms with E-state index in [4.69, 9.17) is 16.7 Å². The van der Waals surface area contributed by atoms with Crippen molar-refractivity contribution in [1.82, 2.24) is 9.62 Å². The maximum absolute atomic E-state index is 14.7. The van der Waals surface area contributed by atoms with Crippen molar-refractivity contribution in [2.24, 2.45) is 0 Å². The summed E-state index contributed by atoms with van der Waals surface area (Å²) in [6, 6.07) is 7.09. The summed E-state index contributed by atoms with van der Waals surface area (Å²) >= 11 is 7.12. The Morgan fingerprint density at radius 1 is 1.34 bits per heavy atom. The van der Waals surface area contributed by atoms with Crippen molar-refractivity contribution in [2.45, 2.75) is 6.42 Å². The number of rotatable bonds is 9. The van der Waals surface area contributed by atoms with Crippen molar-refractivity contribution < 1.29 is 27.5 Å². The number of hydrogen-bond donors (Lipinski definition) is 2. The predicted molar refractivity (Wildman–Crippen MR) is 121 cm³/mol. The van der Waals surface area contributed by atoms with Gasteiger partial charge in [-0.05, 0) is 42.8 Å². The molecule has 0 aliphatic carbocycles. The molecule has 32 heavy (non-hydrogen) atoms. The van der Waals surface area contributed by atoms with Gasteiger partial charge < -0.3 is 14.9 Å². The van der Waals surface area contributed by atoms with E-state index in [0.717, 1.165) is 15.8 Å². The Balaban J connectivity index is 1.66. The van der Waals surface area contributed by atoms with E-state index in [1.165, 1.54) is 41.5 Å². The largest absolute Gasteiger partial charge is 0.395 e. The normalized spacial score (nSPS) is 13.9. The molecule has 0 radical (unpaired) electrons. The van der Waals surface area contributed by atoms with Crippen molar-refractivity contribution in [3.05, 3.63) is 62.7 Å². The van der Waals surface area contributed by atoms with Crippen LogP contribution < -0.4 is 9.62 Å². The van der Waals surface area contributed by atoms with Crippen LogP contribution in [0.25, 0.3) is 0 Å². The lowest BCUT2D eigenvalue weighted by molar-refractivity contribution is -0.114. The number of halogens is 2. The van der Waals surface area contributed by atoms with Gasteiger partial charge in [-0.2, -0.15) is 0 Å². The van der Waals surface area contributed by atoms with Crippen LogP contribution in [0, 0.1) is 5.82 Å². The smallest absolute Gasteiger partial charge is 0.275 e. The summed E-state index contributed by atoms with van der Waals surface area (Å²) in [6.45, 7) is -0.151. The fraction of sp³-hybridized carbons (Fsp3) is 0.300. The van der Waals surface area contributed by atoms with Gasteiger partial charge in [-0.25, -0.2) is 12.8 Å². The number of thiophene rings is 1. The molecule has 2 aromatic rings. The van der Waals surface area contributed by atoms with Crippen LogP contribution in [0.15, 0.2) is 42.1 Å². The maximum Gasteiger partial charge on any atom is 0.275 e. The van der Waals surface area contributed by atoms with E-state index in [2.05, 4.69) is 4.72 Å². The second-order valence-corrected chi connectivity index (χ2v) is 10.7. The molecule has 0 saturated heterocycles. The van der Waals surface area contributed by atoms with Crippen LogP contribution in [-0.4, -0.2) is 62.7 Å². The summed E-state index contributed by atoms with van der Waals surface area (Å²) in [5, 5.41) is 8.93. The van der Waals surface area contributed by atoms with Crippen LogP contribution in [0.4, 0.5) is 10.1 Å². The zero-order valence-electron chi connectivity index (χ0n) is 17.0. The molecule has 1 aliphatic heterocycles. The van der Waals surface area contributed by atoms with Crippen LogP contribution in [0.3, 0.4) is 0 Å². The van der Waals surface area contributed by atoms with Crippen LogP contribution in [0.1, 0.15) is 15.2 Å². The highest BCUT2D eigenvalue weighted by atomic mass is 35.5. The molecule has 8 nitrogen and oxygen atoms in total. The Labute approximate surface area is 193 Å². The van der Waals surface area contributed by atoms with Crippen molar-refractivity contribution in [2.75, 3.05) is 37.4 Å². The molecule has 1 aliphatic rings. The summed E-state index contributed by atoms with van der Waals surface area (Å²) in [6.07, 6.45) is 1.61. The summed E-state index contributed by atoms with van der Waals surface area (Å²) < 4.78 is 42.2. The molecule has 1 aromatic carbocycles. The number of likely N-dealkylation sites (N-methyl/N-ethyl adjacent to an activating group) is 1. The fourth-order valence-electron chi connectivity index (χ4n) is 3.06. The fourth-order valence-corrected chi connectivity index (χ4v) is 5.37. The lowest BCUT2D eigenvalue weighted by Crippen LogP contribution is -2.35. The summed E-state index contributed by atoms with van der Waals surface area (Å²) in [5.74, 6) is -2.20. The third kappa shape index (κ3) is 5.66. The first-order valence-corrected chi connectivity index (χ1v) is 12.4. The van der Waals surface area contributed by atoms with Gasteiger partial charge in [0.1, 0.15) is 11.5 Å². The molecule has 0 spiro atoms. The number of benzene rings is 1. The second kappa shape index (κ2) is 9.99. The van der Waals surface area contributed by atoms with Crippen molar-refractivity contribution >= 4 is 50.5 Å². The number of sulfonamides is 1. The van der Waals surface area contributed by atoms with Gasteiger partial charge in [0.15, 0.2) is 0 Å². The lowest BCUT2D eigenvalue weighted by Gasteiger charge is -2.20. The first kappa shape index (κ1) is 24.2. The lowest BCUT2D eigenvalue weighted by atomic mass is 10.1. The van der Waals surface area contributed by atoms with E-state index in [0.29, 0.717) is 4.34 Å². The number of amides is 2. The highest BCUT2D eigenvalue weighted by Crippen LogP contribution is 2.26. The molecule has 1 aromatic heterocycles. The first-order chi connectivity index (χ1) is 15.1. The van der Waals surface area contributed by atoms with Crippen molar-refractivity contribution in [3.63, 3.8) is 0 Å².